The van der Waals surface area contributed by atoms with Crippen LogP contribution in [-0.4, -0.2) is 99.7 Å². The van der Waals surface area contributed by atoms with E-state index in [-0.39, 0.29) is 46.6 Å². The van der Waals surface area contributed by atoms with E-state index in [0.29, 0.717) is 32.1 Å². The predicted molar refractivity (Wildman–Crippen MR) is 173 cm³/mol. The van der Waals surface area contributed by atoms with Gasteiger partial charge in [-0.2, -0.15) is 0 Å². The van der Waals surface area contributed by atoms with Crippen molar-refractivity contribution in [3.63, 3.8) is 0 Å². The fourth-order valence-corrected chi connectivity index (χ4v) is 12.2. The van der Waals surface area contributed by atoms with Gasteiger partial charge in [0.05, 0.1) is 30.7 Å². The maximum absolute atomic E-state index is 14.4. The number of hydrogen-bond donors (Lipinski definition) is 6. The summed E-state index contributed by atoms with van der Waals surface area (Å²) >= 11 is 0. The first-order valence-electron chi connectivity index (χ1n) is 18.0. The first-order valence-corrected chi connectivity index (χ1v) is 18.0. The summed E-state index contributed by atoms with van der Waals surface area (Å²) in [6, 6.07) is 0. The lowest BCUT2D eigenvalue weighted by Crippen LogP contribution is -2.67. The third-order valence-corrected chi connectivity index (χ3v) is 15.6. The zero-order valence-corrected chi connectivity index (χ0v) is 29.5. The lowest BCUT2D eigenvalue weighted by molar-refractivity contribution is -0.297. The molecule has 272 valence electrons. The zero-order chi connectivity index (χ0) is 35.2. The fourth-order valence-electron chi connectivity index (χ4n) is 12.2. The smallest absolute Gasteiger partial charge is 0.315 e. The van der Waals surface area contributed by atoms with E-state index in [2.05, 4.69) is 33.8 Å². The van der Waals surface area contributed by atoms with E-state index in [1.54, 1.807) is 0 Å². The first kappa shape index (κ1) is 36.2. The average molecular weight is 679 g/mol. The number of aliphatic hydroxyl groups is 6. The predicted octanol–water partition coefficient (Wildman–Crippen LogP) is 2.62. The fraction of sp³-hybridized carbons (Fsp3) is 0.892. The van der Waals surface area contributed by atoms with Crippen molar-refractivity contribution < 1.29 is 54.4 Å². The number of hydrogen-bond acceptors (Lipinski definition) is 11. The molecule has 1 heterocycles. The first-order chi connectivity index (χ1) is 22.4. The van der Waals surface area contributed by atoms with Gasteiger partial charge in [0.2, 0.25) is 6.29 Å². The lowest BCUT2D eigenvalue weighted by Gasteiger charge is -2.71. The highest BCUT2D eigenvalue weighted by Gasteiger charge is 2.71. The van der Waals surface area contributed by atoms with E-state index in [0.717, 1.165) is 32.1 Å². The number of esters is 2. The van der Waals surface area contributed by atoms with Crippen molar-refractivity contribution in [2.75, 3.05) is 20.3 Å². The zero-order valence-electron chi connectivity index (χ0n) is 29.5. The third kappa shape index (κ3) is 4.77. The number of ether oxygens (including phenoxy) is 3. The number of aliphatic hydroxyl groups excluding tert-OH is 6. The molecular weight excluding hydrogens is 620 g/mol. The molecule has 0 amide bonds. The monoisotopic (exact) mass is 678 g/mol. The molecule has 1 aliphatic heterocycles. The van der Waals surface area contributed by atoms with Crippen molar-refractivity contribution in [2.45, 2.75) is 136 Å². The number of rotatable bonds is 5. The Morgan fingerprint density at radius 3 is 2.19 bits per heavy atom. The van der Waals surface area contributed by atoms with Crippen LogP contribution >= 0.6 is 0 Å². The Morgan fingerprint density at radius 1 is 0.854 bits per heavy atom. The summed E-state index contributed by atoms with van der Waals surface area (Å²) in [5, 5.41) is 62.8. The molecule has 48 heavy (non-hydrogen) atoms. The van der Waals surface area contributed by atoms with Crippen molar-refractivity contribution in [2.24, 2.45) is 50.2 Å². The summed E-state index contributed by atoms with van der Waals surface area (Å²) in [6.45, 7) is 10.3. The van der Waals surface area contributed by atoms with Crippen molar-refractivity contribution in [1.29, 1.82) is 0 Å². The molecule has 0 aromatic heterocycles. The molecule has 4 saturated carbocycles. The van der Waals surface area contributed by atoms with Gasteiger partial charge in [-0.1, -0.05) is 39.3 Å². The second-order valence-electron chi connectivity index (χ2n) is 17.6. The van der Waals surface area contributed by atoms with E-state index < -0.39 is 65.6 Å². The van der Waals surface area contributed by atoms with E-state index in [1.807, 2.05) is 6.92 Å². The highest BCUT2D eigenvalue weighted by atomic mass is 16.7. The molecule has 15 atom stereocenters. The van der Waals surface area contributed by atoms with Crippen LogP contribution in [0.5, 0.6) is 0 Å². The molecule has 0 bridgehead atoms. The standard InChI is InChI=1S/C37H58O11/c1-32(19-39)13-15-37(31(45)48-29-28(43)27(42)26(41)22(18-38)47-29)16-14-34(3)20(21(37)17-32)7-8-23-33(2)11-10-25(40)36(5,30(44)46-6)24(33)9-12-35(23,34)4/h7,21-29,38-43H,8-19H2,1-6H3. The molecule has 6 aliphatic rings. The highest BCUT2D eigenvalue weighted by Crippen LogP contribution is 2.76. The molecule has 6 N–H and O–H groups in total. The molecule has 15 unspecified atom stereocenters. The molecule has 6 rings (SSSR count). The molecule has 11 heteroatoms. The van der Waals surface area contributed by atoms with Crippen LogP contribution < -0.4 is 0 Å². The van der Waals surface area contributed by atoms with Gasteiger partial charge >= 0.3 is 11.9 Å². The number of fused-ring (bicyclic) bond motifs is 7. The Morgan fingerprint density at radius 2 is 1.54 bits per heavy atom. The third-order valence-electron chi connectivity index (χ3n) is 15.6. The van der Waals surface area contributed by atoms with Crippen LogP contribution in [0.15, 0.2) is 11.6 Å². The average Bonchev–Trinajstić information content (AvgIpc) is 3.06. The van der Waals surface area contributed by atoms with E-state index in [4.69, 9.17) is 14.2 Å². The minimum Gasteiger partial charge on any atom is -0.469 e. The van der Waals surface area contributed by atoms with Crippen LogP contribution in [0.3, 0.4) is 0 Å². The van der Waals surface area contributed by atoms with E-state index in [1.165, 1.54) is 12.7 Å². The largest absolute Gasteiger partial charge is 0.469 e. The SMILES string of the molecule is COC(=O)C1(C)C(O)CCC2(C)C1CCC1(C)C2CC=C2C3CC(C)(CO)CCC3(C(=O)OC3OC(CO)C(O)C(O)C3O)CCC21C. The quantitative estimate of drug-likeness (QED) is 0.186. The molecular formula is C37H58O11. The van der Waals surface area contributed by atoms with Gasteiger partial charge in [-0.25, -0.2) is 0 Å². The van der Waals surface area contributed by atoms with Gasteiger partial charge in [0.1, 0.15) is 24.4 Å². The van der Waals surface area contributed by atoms with Gasteiger partial charge < -0.3 is 44.8 Å². The van der Waals surface area contributed by atoms with Crippen LogP contribution in [0, 0.1) is 50.2 Å². The van der Waals surface area contributed by atoms with Crippen molar-refractivity contribution in [3.05, 3.63) is 11.6 Å². The van der Waals surface area contributed by atoms with Crippen molar-refractivity contribution in [3.8, 4) is 0 Å². The molecule has 11 nitrogen and oxygen atoms in total. The van der Waals surface area contributed by atoms with Gasteiger partial charge in [0, 0.05) is 6.61 Å². The summed E-state index contributed by atoms with van der Waals surface area (Å²) in [7, 11) is 1.40. The Labute approximate surface area is 284 Å². The second kappa shape index (κ2) is 12.0. The topological polar surface area (TPSA) is 183 Å². The van der Waals surface area contributed by atoms with Gasteiger partial charge in [-0.05, 0) is 111 Å². The van der Waals surface area contributed by atoms with Gasteiger partial charge in [-0.3, -0.25) is 9.59 Å². The summed E-state index contributed by atoms with van der Waals surface area (Å²) in [5.41, 5.74) is -1.79. The minimum atomic E-state index is -1.68. The molecule has 0 spiro atoms. The number of carbonyl (C=O) groups excluding carboxylic acids is 2. The summed E-state index contributed by atoms with van der Waals surface area (Å²) < 4.78 is 16.8. The summed E-state index contributed by atoms with van der Waals surface area (Å²) in [4.78, 5) is 27.7. The number of carbonyl (C=O) groups is 2. The van der Waals surface area contributed by atoms with E-state index in [9.17, 15) is 40.2 Å². The molecule has 0 aromatic rings. The molecule has 0 radical (unpaired) electrons. The Bertz CT molecular complexity index is 1320. The minimum absolute atomic E-state index is 0.0145. The second-order valence-corrected chi connectivity index (χ2v) is 17.6. The summed E-state index contributed by atoms with van der Waals surface area (Å²) in [5.74, 6) is -0.926. The lowest BCUT2D eigenvalue weighted by atomic mass is 9.33. The Hall–Kier alpha value is -1.60. The van der Waals surface area contributed by atoms with Crippen LogP contribution in [0.1, 0.15) is 98.8 Å². The maximum Gasteiger partial charge on any atom is 0.315 e. The van der Waals surface area contributed by atoms with Crippen LogP contribution in [0.4, 0.5) is 0 Å². The Kier molecular flexibility index (Phi) is 9.04. The molecule has 1 saturated heterocycles. The number of allylic oxidation sites excluding steroid dienone is 2. The van der Waals surface area contributed by atoms with Crippen molar-refractivity contribution >= 4 is 11.9 Å². The van der Waals surface area contributed by atoms with Crippen LogP contribution in [-0.2, 0) is 23.8 Å². The molecule has 0 aromatic carbocycles. The maximum atomic E-state index is 14.4. The highest BCUT2D eigenvalue weighted by molar-refractivity contribution is 5.79. The van der Waals surface area contributed by atoms with E-state index >= 15 is 0 Å². The van der Waals surface area contributed by atoms with Gasteiger partial charge in [0.25, 0.3) is 0 Å². The Balaban J connectivity index is 1.37. The molecule has 5 aliphatic carbocycles. The van der Waals surface area contributed by atoms with Crippen LogP contribution in [0.2, 0.25) is 0 Å². The molecule has 5 fully saturated rings. The number of methoxy groups -OCH3 is 1. The van der Waals surface area contributed by atoms with Gasteiger partial charge in [0.15, 0.2) is 0 Å². The van der Waals surface area contributed by atoms with Crippen molar-refractivity contribution in [1.82, 2.24) is 0 Å². The van der Waals surface area contributed by atoms with Crippen LogP contribution in [0.25, 0.3) is 0 Å². The normalized spacial score (nSPS) is 53.2. The van der Waals surface area contributed by atoms with Gasteiger partial charge in [-0.15, -0.1) is 0 Å². The summed E-state index contributed by atoms with van der Waals surface area (Å²) in [6.07, 6.45) is 0.614.